The van der Waals surface area contributed by atoms with Crippen LogP contribution in [0.3, 0.4) is 0 Å². The van der Waals surface area contributed by atoms with Gasteiger partial charge in [-0.1, -0.05) is 24.3 Å². The second-order valence-electron chi connectivity index (χ2n) is 7.65. The van der Waals surface area contributed by atoms with Crippen molar-refractivity contribution in [2.24, 2.45) is 0 Å². The monoisotopic (exact) mass is 520 g/mol. The number of esters is 1. The summed E-state index contributed by atoms with van der Waals surface area (Å²) in [6.45, 7) is 0. The molecule has 0 aliphatic rings. The standard InChI is InChI=1S/C26H24N4O6S/c1-34-23-10-5-4-9-21(23)30-37(32,33)19-8-6-7-18(14-19)29-25-15-22(27-16-28-25)17-11-12-20(26(31)36-3)24(13-17)35-2/h4-16,30H,1-3H3,(H,27,28,29). The zero-order valence-electron chi connectivity index (χ0n) is 20.3. The van der Waals surface area contributed by atoms with E-state index in [0.717, 1.165) is 0 Å². The van der Waals surface area contributed by atoms with Gasteiger partial charge in [0, 0.05) is 17.3 Å². The molecule has 11 heteroatoms. The molecule has 1 aromatic heterocycles. The highest BCUT2D eigenvalue weighted by atomic mass is 32.2. The lowest BCUT2D eigenvalue weighted by molar-refractivity contribution is 0.0597. The van der Waals surface area contributed by atoms with E-state index in [4.69, 9.17) is 14.2 Å². The first-order valence-electron chi connectivity index (χ1n) is 11.0. The number of hydrogen-bond acceptors (Lipinski definition) is 9. The zero-order chi connectivity index (χ0) is 26.4. The molecule has 0 saturated carbocycles. The highest BCUT2D eigenvalue weighted by Gasteiger charge is 2.18. The Kier molecular flexibility index (Phi) is 7.54. The minimum absolute atomic E-state index is 0.0563. The number of ether oxygens (including phenoxy) is 3. The van der Waals surface area contributed by atoms with Crippen LogP contribution in [0.5, 0.6) is 11.5 Å². The normalized spacial score (nSPS) is 10.9. The SMILES string of the molecule is COC(=O)c1ccc(-c2cc(Nc3cccc(S(=O)(=O)Nc4ccccc4OC)c3)ncn2)cc1OC. The van der Waals surface area contributed by atoms with Crippen molar-refractivity contribution in [3.63, 3.8) is 0 Å². The van der Waals surface area contributed by atoms with Crippen LogP contribution in [0.1, 0.15) is 10.4 Å². The first kappa shape index (κ1) is 25.5. The molecule has 2 N–H and O–H groups in total. The van der Waals surface area contributed by atoms with E-state index in [1.165, 1.54) is 39.8 Å². The predicted molar refractivity (Wildman–Crippen MR) is 139 cm³/mol. The Bertz CT molecular complexity index is 1540. The third kappa shape index (κ3) is 5.78. The van der Waals surface area contributed by atoms with Crippen LogP contribution >= 0.6 is 0 Å². The molecule has 3 aromatic carbocycles. The number of carbonyl (C=O) groups is 1. The number of methoxy groups -OCH3 is 3. The van der Waals surface area contributed by atoms with Crippen LogP contribution in [0.4, 0.5) is 17.2 Å². The Balaban J connectivity index is 1.58. The minimum atomic E-state index is -3.89. The molecule has 1 heterocycles. The largest absolute Gasteiger partial charge is 0.496 e. The van der Waals surface area contributed by atoms with Gasteiger partial charge in [-0.15, -0.1) is 0 Å². The fourth-order valence-corrected chi connectivity index (χ4v) is 4.65. The molecule has 37 heavy (non-hydrogen) atoms. The Morgan fingerprint density at radius 3 is 2.38 bits per heavy atom. The molecule has 0 radical (unpaired) electrons. The van der Waals surface area contributed by atoms with Crippen LogP contribution in [-0.2, 0) is 14.8 Å². The van der Waals surface area contributed by atoms with Gasteiger partial charge in [0.1, 0.15) is 29.2 Å². The molecule has 0 aliphatic heterocycles. The van der Waals surface area contributed by atoms with E-state index in [1.807, 2.05) is 0 Å². The van der Waals surface area contributed by atoms with E-state index >= 15 is 0 Å². The van der Waals surface area contributed by atoms with E-state index in [2.05, 4.69) is 20.0 Å². The molecule has 0 unspecified atom stereocenters. The Hall–Kier alpha value is -4.64. The van der Waals surface area contributed by atoms with Gasteiger partial charge in [0.2, 0.25) is 0 Å². The van der Waals surface area contributed by atoms with Gasteiger partial charge in [-0.05, 0) is 42.5 Å². The summed E-state index contributed by atoms with van der Waals surface area (Å²) in [7, 11) is 0.341. The third-order valence-corrected chi connectivity index (χ3v) is 6.70. The molecule has 0 amide bonds. The Morgan fingerprint density at radius 2 is 1.62 bits per heavy atom. The second kappa shape index (κ2) is 11.0. The van der Waals surface area contributed by atoms with Crippen molar-refractivity contribution >= 4 is 33.2 Å². The van der Waals surface area contributed by atoms with Crippen molar-refractivity contribution < 1.29 is 27.4 Å². The first-order chi connectivity index (χ1) is 17.8. The molecule has 0 spiro atoms. The number of para-hydroxylation sites is 2. The maximum Gasteiger partial charge on any atom is 0.341 e. The topological polar surface area (TPSA) is 129 Å². The molecule has 0 bridgehead atoms. The molecule has 0 saturated heterocycles. The van der Waals surface area contributed by atoms with Crippen LogP contribution in [0.15, 0.2) is 84.0 Å². The molecule has 190 valence electrons. The second-order valence-corrected chi connectivity index (χ2v) is 9.34. The number of carbonyl (C=O) groups excluding carboxylic acids is 1. The lowest BCUT2D eigenvalue weighted by Crippen LogP contribution is -2.13. The quantitative estimate of drug-likeness (QED) is 0.307. The Morgan fingerprint density at radius 1 is 0.838 bits per heavy atom. The number of benzene rings is 3. The summed E-state index contributed by atoms with van der Waals surface area (Å²) >= 11 is 0. The van der Waals surface area contributed by atoms with Gasteiger partial charge in [0.15, 0.2) is 0 Å². The number of nitrogens with zero attached hydrogens (tertiary/aromatic N) is 2. The molecule has 4 aromatic rings. The number of nitrogens with one attached hydrogen (secondary N) is 2. The highest BCUT2D eigenvalue weighted by Crippen LogP contribution is 2.29. The minimum Gasteiger partial charge on any atom is -0.496 e. The molecule has 0 fully saturated rings. The van der Waals surface area contributed by atoms with Crippen LogP contribution in [0.25, 0.3) is 11.3 Å². The number of sulfonamides is 1. The summed E-state index contributed by atoms with van der Waals surface area (Å²) in [5.41, 5.74) is 2.38. The highest BCUT2D eigenvalue weighted by molar-refractivity contribution is 7.92. The summed E-state index contributed by atoms with van der Waals surface area (Å²) in [5, 5.41) is 3.11. The number of anilines is 3. The van der Waals surface area contributed by atoms with Gasteiger partial charge in [0.25, 0.3) is 10.0 Å². The molecular formula is C26H24N4O6S. The zero-order valence-corrected chi connectivity index (χ0v) is 21.1. The summed E-state index contributed by atoms with van der Waals surface area (Å²) < 4.78 is 43.9. The van der Waals surface area contributed by atoms with Gasteiger partial charge in [0.05, 0.1) is 37.6 Å². The van der Waals surface area contributed by atoms with Crippen LogP contribution in [0.2, 0.25) is 0 Å². The maximum atomic E-state index is 13.0. The average molecular weight is 521 g/mol. The predicted octanol–water partition coefficient (Wildman–Crippen LogP) is 4.49. The van der Waals surface area contributed by atoms with Crippen molar-refractivity contribution in [2.45, 2.75) is 4.90 Å². The van der Waals surface area contributed by atoms with Gasteiger partial charge >= 0.3 is 5.97 Å². The number of rotatable bonds is 9. The van der Waals surface area contributed by atoms with Crippen molar-refractivity contribution in [1.29, 1.82) is 0 Å². The average Bonchev–Trinajstić information content (AvgIpc) is 2.92. The fourth-order valence-electron chi connectivity index (χ4n) is 3.53. The van der Waals surface area contributed by atoms with E-state index in [1.54, 1.807) is 60.7 Å². The third-order valence-electron chi connectivity index (χ3n) is 5.34. The van der Waals surface area contributed by atoms with Gasteiger partial charge in [-0.2, -0.15) is 0 Å². The van der Waals surface area contributed by atoms with Crippen LogP contribution in [-0.4, -0.2) is 45.7 Å². The number of aromatic nitrogens is 2. The van der Waals surface area contributed by atoms with Gasteiger partial charge in [-0.25, -0.2) is 23.2 Å². The first-order valence-corrected chi connectivity index (χ1v) is 12.4. The van der Waals surface area contributed by atoms with Crippen molar-refractivity contribution in [2.75, 3.05) is 31.4 Å². The van der Waals surface area contributed by atoms with E-state index in [0.29, 0.717) is 45.5 Å². The molecule has 0 atom stereocenters. The summed E-state index contributed by atoms with van der Waals surface area (Å²) in [5.74, 6) is 0.680. The van der Waals surface area contributed by atoms with Crippen molar-refractivity contribution in [3.8, 4) is 22.8 Å². The number of hydrogen-bond donors (Lipinski definition) is 2. The lowest BCUT2D eigenvalue weighted by Gasteiger charge is -2.13. The molecule has 0 aliphatic carbocycles. The van der Waals surface area contributed by atoms with E-state index in [9.17, 15) is 13.2 Å². The lowest BCUT2D eigenvalue weighted by atomic mass is 10.1. The van der Waals surface area contributed by atoms with Crippen molar-refractivity contribution in [1.82, 2.24) is 9.97 Å². The summed E-state index contributed by atoms with van der Waals surface area (Å²) in [4.78, 5) is 20.5. The van der Waals surface area contributed by atoms with E-state index < -0.39 is 16.0 Å². The summed E-state index contributed by atoms with van der Waals surface area (Å²) in [6.07, 6.45) is 1.38. The van der Waals surface area contributed by atoms with E-state index in [-0.39, 0.29) is 4.90 Å². The maximum absolute atomic E-state index is 13.0. The van der Waals surface area contributed by atoms with Gasteiger partial charge in [-0.3, -0.25) is 4.72 Å². The smallest absolute Gasteiger partial charge is 0.341 e. The van der Waals surface area contributed by atoms with Crippen molar-refractivity contribution in [3.05, 3.63) is 84.7 Å². The van der Waals surface area contributed by atoms with Gasteiger partial charge < -0.3 is 19.5 Å². The summed E-state index contributed by atoms with van der Waals surface area (Å²) in [6, 6.07) is 19.8. The molecule has 10 nitrogen and oxygen atoms in total. The fraction of sp³-hybridized carbons (Fsp3) is 0.115. The molecular weight excluding hydrogens is 496 g/mol. The molecule has 4 rings (SSSR count). The van der Waals surface area contributed by atoms with Crippen LogP contribution in [0, 0.1) is 0 Å². The van der Waals surface area contributed by atoms with Crippen LogP contribution < -0.4 is 19.5 Å². The Labute approximate surface area is 214 Å².